The monoisotopic (exact) mass is 1300 g/mol. The van der Waals surface area contributed by atoms with Crippen LogP contribution in [0.1, 0.15) is 120 Å². The Balaban J connectivity index is 1.28. The molecule has 3 aromatic heterocycles. The quantitative estimate of drug-likeness (QED) is 0.0142. The summed E-state index contributed by atoms with van der Waals surface area (Å²) in [5, 5.41) is 22.1. The highest BCUT2D eigenvalue weighted by atomic mass is 16.2. The van der Waals surface area contributed by atoms with Crippen LogP contribution >= 0.6 is 0 Å². The Morgan fingerprint density at radius 1 is 0.404 bits per heavy atom. The molecule has 0 radical (unpaired) electrons. The van der Waals surface area contributed by atoms with Gasteiger partial charge in [0.2, 0.25) is 47.3 Å². The number of hydrogen-bond acceptors (Lipinski definition) is 12. The second kappa shape index (κ2) is 38.0. The average Bonchev–Trinajstić information content (AvgIpc) is 1.67. The third-order valence-electron chi connectivity index (χ3n) is 16.1. The van der Waals surface area contributed by atoms with Crippen LogP contribution in [0.2, 0.25) is 0 Å². The van der Waals surface area contributed by atoms with Crippen molar-refractivity contribution >= 4 is 97.8 Å². The first-order chi connectivity index (χ1) is 45.2. The lowest BCUT2D eigenvalue weighted by atomic mass is 10.0. The molecule has 0 bridgehead atoms. The number of nitrogens with zero attached hydrogens (tertiary/aromatic N) is 3. The number of primary amides is 1. The van der Waals surface area contributed by atoms with E-state index in [1.54, 1.807) is 18.6 Å². The molecule has 94 heavy (non-hydrogen) atoms. The molecule has 8 amide bonds. The maximum Gasteiger partial charge on any atom is 0.243 e. The van der Waals surface area contributed by atoms with Gasteiger partial charge in [-0.15, -0.1) is 0 Å². The molecule has 0 aliphatic carbocycles. The SMILES string of the molecule is CCCCCCCC(=O)NCCCC[C@H](NC(=O)[C@@H](Cc1c[nH]c2ccccc12)NC(=O)[C@@H](CCCN=C(N)N)NC(=O)[C@@H](Cc1c[nH]c2ccccc12)NC(=O)[C@@H](CCCN=C(N)N)NC(=O)[C@@H](Cc1c[nH]c2ccccc12)NC(=O)[C@H](N)CCCN=C(N)N)C(N)=O. The normalized spacial score (nSPS) is 13.4. The number of H-pyrrole nitrogens is 3. The smallest absolute Gasteiger partial charge is 0.243 e. The number of carbonyl (C=O) groups excluding carboxylic acids is 8. The third kappa shape index (κ3) is 23.8. The second-order valence-electron chi connectivity index (χ2n) is 23.4. The summed E-state index contributed by atoms with van der Waals surface area (Å²) in [6, 6.07) is 12.9. The Kier molecular flexibility index (Phi) is 29.4. The maximum atomic E-state index is 15.2. The fourth-order valence-corrected chi connectivity index (χ4v) is 11.0. The topological polar surface area (TPSA) is 513 Å². The number of rotatable bonds is 42. The summed E-state index contributed by atoms with van der Waals surface area (Å²) in [5.41, 5.74) is 50.1. The molecule has 6 aromatic rings. The van der Waals surface area contributed by atoms with E-state index < -0.39 is 83.6 Å². The van der Waals surface area contributed by atoms with Crippen molar-refractivity contribution in [3.05, 3.63) is 108 Å². The van der Waals surface area contributed by atoms with Crippen molar-refractivity contribution in [3.63, 3.8) is 0 Å². The molecule has 7 atom stereocenters. The summed E-state index contributed by atoms with van der Waals surface area (Å²) in [6.07, 6.45) is 12.1. The first-order valence-electron chi connectivity index (χ1n) is 32.2. The van der Waals surface area contributed by atoms with Crippen molar-refractivity contribution in [1.82, 2.24) is 52.2 Å². The van der Waals surface area contributed by atoms with Gasteiger partial charge in [-0.1, -0.05) is 87.2 Å². The number of guanidine groups is 3. The van der Waals surface area contributed by atoms with Crippen LogP contribution < -0.4 is 83.1 Å². The molecule has 3 aromatic carbocycles. The maximum absolute atomic E-state index is 15.2. The summed E-state index contributed by atoms with van der Waals surface area (Å²) >= 11 is 0. The molecule has 0 fully saturated rings. The first-order valence-corrected chi connectivity index (χ1v) is 32.2. The summed E-state index contributed by atoms with van der Waals surface area (Å²) in [5.74, 6) is -6.03. The lowest BCUT2D eigenvalue weighted by Crippen LogP contribution is -2.60. The highest BCUT2D eigenvalue weighted by molar-refractivity contribution is 5.99. The van der Waals surface area contributed by atoms with Crippen molar-refractivity contribution in [3.8, 4) is 0 Å². The van der Waals surface area contributed by atoms with Gasteiger partial charge < -0.3 is 98.0 Å². The Bertz CT molecular complexity index is 3560. The van der Waals surface area contributed by atoms with Crippen LogP contribution in [-0.4, -0.2) is 149 Å². The summed E-state index contributed by atoms with van der Waals surface area (Å²) < 4.78 is 0. The Morgan fingerprint density at radius 3 is 1.16 bits per heavy atom. The average molecular weight is 1300 g/mol. The Morgan fingerprint density at radius 2 is 0.755 bits per heavy atom. The highest BCUT2D eigenvalue weighted by Crippen LogP contribution is 2.23. The van der Waals surface area contributed by atoms with Crippen molar-refractivity contribution in [2.24, 2.45) is 60.8 Å². The fraction of sp³-hybridized carbons (Fsp3) is 0.462. The van der Waals surface area contributed by atoms with Gasteiger partial charge in [0, 0.05) is 103 Å². The molecule has 0 aliphatic heterocycles. The summed E-state index contributed by atoms with van der Waals surface area (Å²) in [4.78, 5) is 136. The van der Waals surface area contributed by atoms with E-state index in [-0.39, 0.29) is 101 Å². The molecule has 0 spiro atoms. The number of aromatic nitrogens is 3. The molecule has 0 saturated heterocycles. The summed E-state index contributed by atoms with van der Waals surface area (Å²) in [6.45, 7) is 2.79. The van der Waals surface area contributed by atoms with Gasteiger partial charge in [0.05, 0.1) is 6.04 Å². The van der Waals surface area contributed by atoms with Gasteiger partial charge in [-0.3, -0.25) is 53.3 Å². The largest absolute Gasteiger partial charge is 0.370 e. The van der Waals surface area contributed by atoms with Crippen LogP contribution in [0.5, 0.6) is 0 Å². The van der Waals surface area contributed by atoms with Crippen molar-refractivity contribution < 1.29 is 38.4 Å². The molecule has 29 heteroatoms. The minimum Gasteiger partial charge on any atom is -0.370 e. The van der Waals surface area contributed by atoms with Crippen LogP contribution in [0, 0.1) is 0 Å². The predicted molar refractivity (Wildman–Crippen MR) is 365 cm³/mol. The van der Waals surface area contributed by atoms with E-state index in [1.807, 2.05) is 72.8 Å². The number of hydrogen-bond donors (Lipinski definition) is 18. The van der Waals surface area contributed by atoms with E-state index in [9.17, 15) is 24.0 Å². The van der Waals surface area contributed by atoms with Crippen molar-refractivity contribution in [2.75, 3.05) is 26.2 Å². The number of fused-ring (bicyclic) bond motifs is 3. The summed E-state index contributed by atoms with van der Waals surface area (Å²) in [7, 11) is 0. The lowest BCUT2D eigenvalue weighted by molar-refractivity contribution is -0.135. The standard InChI is InChI=1S/C65H95N21O8/c1-2-3-4-5-6-28-55(87)74-29-14-13-25-49(56(67)88)81-60(92)53(34-40-37-79-47-23-11-8-19-43(40)47)85-58(90)51(27-17-32-77-65(72)73)83-62(94)54(35-41-38-80-48-24-12-9-20-44(41)48)86-59(91)50(26-16-31-76-64(70)71)82-61(93)52(33-39-36-78-46-22-10-7-18-42(39)46)84-57(89)45(66)21-15-30-75-63(68)69/h7-12,18-20,22-24,36-38,45,49-54,78-80H,2-6,13-17,21,25-35,66H2,1H3,(H2,67,88)(H,74,87)(H,81,92)(H,82,93)(H,83,94)(H,84,89)(H,85,90)(H,86,91)(H4,68,69,75)(H4,70,71,76)(H4,72,73,77)/t45-,49+,50-,51-,52-,53-,54-/m1/s1. The van der Waals surface area contributed by atoms with Crippen LogP contribution in [0.4, 0.5) is 0 Å². The van der Waals surface area contributed by atoms with Crippen LogP contribution in [0.25, 0.3) is 32.7 Å². The molecular weight excluding hydrogens is 1200 g/mol. The number of para-hydroxylation sites is 3. The minimum atomic E-state index is -1.46. The van der Waals surface area contributed by atoms with Crippen LogP contribution in [0.15, 0.2) is 106 Å². The number of amides is 8. The minimum absolute atomic E-state index is 0.0358. The second-order valence-corrected chi connectivity index (χ2v) is 23.4. The van der Waals surface area contributed by atoms with Gasteiger partial charge in [0.25, 0.3) is 0 Å². The number of benzene rings is 3. The van der Waals surface area contributed by atoms with Gasteiger partial charge in [-0.25, -0.2) is 0 Å². The van der Waals surface area contributed by atoms with Gasteiger partial charge in [0.1, 0.15) is 36.3 Å². The van der Waals surface area contributed by atoms with Gasteiger partial charge >= 0.3 is 0 Å². The van der Waals surface area contributed by atoms with E-state index in [1.165, 1.54) is 0 Å². The molecule has 3 heterocycles. The predicted octanol–water partition coefficient (Wildman–Crippen LogP) is 0.688. The number of aliphatic imine (C=N–C) groups is 3. The highest BCUT2D eigenvalue weighted by Gasteiger charge is 2.35. The third-order valence-corrected chi connectivity index (χ3v) is 16.1. The van der Waals surface area contributed by atoms with E-state index >= 15 is 14.4 Å². The Hall–Kier alpha value is -10.2. The molecule has 0 aliphatic rings. The van der Waals surface area contributed by atoms with E-state index in [4.69, 9.17) is 45.9 Å². The molecule has 6 rings (SSSR count). The van der Waals surface area contributed by atoms with E-state index in [0.29, 0.717) is 48.9 Å². The zero-order valence-electron chi connectivity index (χ0n) is 53.5. The zero-order valence-corrected chi connectivity index (χ0v) is 53.5. The molecule has 26 N–H and O–H groups in total. The van der Waals surface area contributed by atoms with Crippen LogP contribution in [0.3, 0.4) is 0 Å². The number of unbranched alkanes of at least 4 members (excludes halogenated alkanes) is 5. The van der Waals surface area contributed by atoms with E-state index in [2.05, 4.69) is 74.1 Å². The number of nitrogens with one attached hydrogen (secondary N) is 10. The molecule has 508 valence electrons. The van der Waals surface area contributed by atoms with E-state index in [0.717, 1.165) is 64.8 Å². The van der Waals surface area contributed by atoms with Crippen molar-refractivity contribution in [1.29, 1.82) is 0 Å². The zero-order chi connectivity index (χ0) is 67.9. The molecule has 0 saturated carbocycles. The van der Waals surface area contributed by atoms with Gasteiger partial charge in [0.15, 0.2) is 17.9 Å². The Labute approximate surface area is 546 Å². The molecular formula is C65H95N21O8. The van der Waals surface area contributed by atoms with Crippen molar-refractivity contribution in [2.45, 2.75) is 165 Å². The molecule has 29 nitrogen and oxygen atoms in total. The molecule has 0 unspecified atom stereocenters. The fourth-order valence-electron chi connectivity index (χ4n) is 11.0. The number of carbonyl (C=O) groups is 8. The van der Waals surface area contributed by atoms with Gasteiger partial charge in [-0.2, -0.15) is 0 Å². The number of nitrogens with two attached hydrogens (primary N) is 8. The number of aromatic amines is 3. The van der Waals surface area contributed by atoms with Gasteiger partial charge in [-0.05, 0) is 99.1 Å². The lowest BCUT2D eigenvalue weighted by Gasteiger charge is -2.28. The first kappa shape index (κ1) is 72.9. The van der Waals surface area contributed by atoms with Crippen LogP contribution in [-0.2, 0) is 57.6 Å².